The van der Waals surface area contributed by atoms with Gasteiger partial charge < -0.3 is 4.57 Å². The third-order valence-electron chi connectivity index (χ3n) is 11.8. The van der Waals surface area contributed by atoms with E-state index in [2.05, 4.69) is 193 Å². The average Bonchev–Trinajstić information content (AvgIpc) is 3.63. The first kappa shape index (κ1) is 33.2. The molecule has 2 heterocycles. The molecule has 0 radical (unpaired) electrons. The summed E-state index contributed by atoms with van der Waals surface area (Å²) in [5.41, 5.74) is 8.43. The molecule has 0 atom stereocenters. The van der Waals surface area contributed by atoms with Gasteiger partial charge in [0.1, 0.15) is 0 Å². The van der Waals surface area contributed by atoms with Gasteiger partial charge in [0.25, 0.3) is 0 Å². The van der Waals surface area contributed by atoms with E-state index in [1.54, 1.807) is 0 Å². The van der Waals surface area contributed by atoms with Crippen molar-refractivity contribution in [2.45, 2.75) is 0 Å². The molecule has 10 aromatic carbocycles. The summed E-state index contributed by atoms with van der Waals surface area (Å²) >= 11 is 0. The Morgan fingerprint density at radius 2 is 0.780 bits per heavy atom. The largest absolute Gasteiger partial charge is 0.308 e. The Labute approximate surface area is 340 Å². The van der Waals surface area contributed by atoms with Crippen LogP contribution in [-0.2, 0) is 0 Å². The molecule has 12 rings (SSSR count). The zero-order chi connectivity index (χ0) is 38.9. The number of hydrogen-bond acceptors (Lipinski definition) is 3. The molecule has 12 aromatic rings. The summed E-state index contributed by atoms with van der Waals surface area (Å²) in [4.78, 5) is 15.5. The maximum absolute atomic E-state index is 5.23. The smallest absolute Gasteiger partial charge is 0.164 e. The van der Waals surface area contributed by atoms with Gasteiger partial charge in [-0.3, -0.25) is 0 Å². The van der Waals surface area contributed by atoms with Gasteiger partial charge in [0.2, 0.25) is 0 Å². The SMILES string of the molecule is c1ccc(-c2nc(-c3ccc(-n4c5cc6ccccc6cc5c5ccc6ccccc6c54)c(-c4ccc5ccccc5c4)c3)nc(-c3ccc4ccccc4c3)n2)cc1. The lowest BCUT2D eigenvalue weighted by Gasteiger charge is -2.17. The molecule has 0 spiro atoms. The summed E-state index contributed by atoms with van der Waals surface area (Å²) in [6, 6.07) is 73.7. The van der Waals surface area contributed by atoms with Crippen molar-refractivity contribution in [2.24, 2.45) is 0 Å². The molecule has 0 N–H and O–H groups in total. The molecule has 0 bridgehead atoms. The quantitative estimate of drug-likeness (QED) is 0.176. The molecule has 4 nitrogen and oxygen atoms in total. The Morgan fingerprint density at radius 1 is 0.288 bits per heavy atom. The Kier molecular flexibility index (Phi) is 7.50. The van der Waals surface area contributed by atoms with Crippen molar-refractivity contribution >= 4 is 64.9 Å². The van der Waals surface area contributed by atoms with Crippen molar-refractivity contribution in [3.8, 4) is 51.0 Å². The second-order valence-electron chi connectivity index (χ2n) is 15.3. The van der Waals surface area contributed by atoms with Crippen LogP contribution < -0.4 is 0 Å². The molecule has 59 heavy (non-hydrogen) atoms. The van der Waals surface area contributed by atoms with E-state index in [4.69, 9.17) is 15.0 Å². The minimum atomic E-state index is 0.620. The molecule has 274 valence electrons. The van der Waals surface area contributed by atoms with E-state index in [9.17, 15) is 0 Å². The number of hydrogen-bond donors (Lipinski definition) is 0. The lowest BCUT2D eigenvalue weighted by atomic mass is 9.97. The van der Waals surface area contributed by atoms with Crippen LogP contribution in [0.1, 0.15) is 0 Å². The summed E-state index contributed by atoms with van der Waals surface area (Å²) in [5.74, 6) is 1.89. The van der Waals surface area contributed by atoms with Crippen LogP contribution in [0.5, 0.6) is 0 Å². The van der Waals surface area contributed by atoms with Gasteiger partial charge in [0.15, 0.2) is 17.5 Å². The van der Waals surface area contributed by atoms with Crippen LogP contribution in [0.25, 0.3) is 116 Å². The van der Waals surface area contributed by atoms with Crippen LogP contribution >= 0.6 is 0 Å². The molecule has 0 saturated heterocycles. The second kappa shape index (κ2) is 13.3. The molecule has 0 aliphatic heterocycles. The minimum Gasteiger partial charge on any atom is -0.308 e. The van der Waals surface area contributed by atoms with Crippen molar-refractivity contribution < 1.29 is 0 Å². The van der Waals surface area contributed by atoms with Crippen LogP contribution in [0.4, 0.5) is 0 Å². The molecule has 0 aliphatic carbocycles. The highest BCUT2D eigenvalue weighted by atomic mass is 15.0. The predicted octanol–water partition coefficient (Wildman–Crippen LogP) is 14.2. The van der Waals surface area contributed by atoms with Crippen LogP contribution in [-0.4, -0.2) is 19.5 Å². The summed E-state index contributed by atoms with van der Waals surface area (Å²) < 4.78 is 2.48. The van der Waals surface area contributed by atoms with Gasteiger partial charge in [-0.1, -0.05) is 164 Å². The Morgan fingerprint density at radius 3 is 1.47 bits per heavy atom. The zero-order valence-electron chi connectivity index (χ0n) is 31.9. The average molecular weight is 751 g/mol. The van der Waals surface area contributed by atoms with Crippen molar-refractivity contribution in [1.29, 1.82) is 0 Å². The topological polar surface area (TPSA) is 43.6 Å². The van der Waals surface area contributed by atoms with E-state index in [0.717, 1.165) is 44.4 Å². The van der Waals surface area contributed by atoms with E-state index >= 15 is 0 Å². The fourth-order valence-electron chi connectivity index (χ4n) is 8.85. The third kappa shape index (κ3) is 5.57. The summed E-state index contributed by atoms with van der Waals surface area (Å²) in [6.07, 6.45) is 0. The first-order chi connectivity index (χ1) is 29.2. The molecule has 0 saturated carbocycles. The Bertz CT molecular complexity index is 3620. The lowest BCUT2D eigenvalue weighted by molar-refractivity contribution is 1.07. The molecular formula is C55H34N4. The van der Waals surface area contributed by atoms with Crippen molar-refractivity contribution in [3.63, 3.8) is 0 Å². The molecule has 0 unspecified atom stereocenters. The highest BCUT2D eigenvalue weighted by molar-refractivity contribution is 6.21. The van der Waals surface area contributed by atoms with Gasteiger partial charge in [-0.15, -0.1) is 0 Å². The molecular weight excluding hydrogens is 717 g/mol. The molecule has 0 amide bonds. The third-order valence-corrected chi connectivity index (χ3v) is 11.8. The molecule has 0 aliphatic rings. The van der Waals surface area contributed by atoms with E-state index in [1.807, 2.05) is 18.2 Å². The zero-order valence-corrected chi connectivity index (χ0v) is 31.9. The molecule has 0 fully saturated rings. The van der Waals surface area contributed by atoms with E-state index in [1.165, 1.54) is 54.0 Å². The van der Waals surface area contributed by atoms with Crippen molar-refractivity contribution in [3.05, 3.63) is 206 Å². The maximum atomic E-state index is 5.23. The number of benzene rings is 10. The number of nitrogens with zero attached hydrogens (tertiary/aromatic N) is 4. The van der Waals surface area contributed by atoms with Crippen LogP contribution in [0, 0.1) is 0 Å². The highest BCUT2D eigenvalue weighted by Crippen LogP contribution is 2.42. The van der Waals surface area contributed by atoms with Gasteiger partial charge in [0.05, 0.1) is 16.7 Å². The van der Waals surface area contributed by atoms with E-state index < -0.39 is 0 Å². The Hall–Kier alpha value is -7.95. The van der Waals surface area contributed by atoms with Gasteiger partial charge in [-0.05, 0) is 85.7 Å². The van der Waals surface area contributed by atoms with E-state index in [0.29, 0.717) is 17.5 Å². The Balaban J connectivity index is 1.15. The van der Waals surface area contributed by atoms with Gasteiger partial charge in [-0.2, -0.15) is 0 Å². The highest BCUT2D eigenvalue weighted by Gasteiger charge is 2.21. The fourth-order valence-corrected chi connectivity index (χ4v) is 8.85. The van der Waals surface area contributed by atoms with Gasteiger partial charge in [0, 0.05) is 38.4 Å². The summed E-state index contributed by atoms with van der Waals surface area (Å²) in [7, 11) is 0. The predicted molar refractivity (Wildman–Crippen MR) is 246 cm³/mol. The summed E-state index contributed by atoms with van der Waals surface area (Å²) in [5, 5.41) is 12.0. The maximum Gasteiger partial charge on any atom is 0.164 e. The monoisotopic (exact) mass is 750 g/mol. The normalized spacial score (nSPS) is 11.7. The first-order valence-electron chi connectivity index (χ1n) is 20.0. The summed E-state index contributed by atoms with van der Waals surface area (Å²) in [6.45, 7) is 0. The molecule has 2 aromatic heterocycles. The number of aromatic nitrogens is 4. The molecule has 4 heteroatoms. The van der Waals surface area contributed by atoms with Crippen LogP contribution in [0.15, 0.2) is 206 Å². The van der Waals surface area contributed by atoms with Crippen molar-refractivity contribution in [2.75, 3.05) is 0 Å². The van der Waals surface area contributed by atoms with E-state index in [-0.39, 0.29) is 0 Å². The van der Waals surface area contributed by atoms with Crippen molar-refractivity contribution in [1.82, 2.24) is 19.5 Å². The van der Waals surface area contributed by atoms with Crippen LogP contribution in [0.2, 0.25) is 0 Å². The minimum absolute atomic E-state index is 0.620. The van der Waals surface area contributed by atoms with Gasteiger partial charge in [-0.25, -0.2) is 15.0 Å². The number of fused-ring (bicyclic) bond motifs is 8. The number of rotatable bonds is 5. The lowest BCUT2D eigenvalue weighted by Crippen LogP contribution is -2.02. The standard InChI is InChI=1S/C55H34N4/c1-2-15-38(16-3-1)53-56-54(44-25-23-36-13-5-7-18-40(36)31-44)58-55(57-53)45-27-29-50(48(33-45)43-24-22-35-12-4-6-17-39(35)30-43)59-51-34-42-20-9-8-19-41(42)32-49(51)47-28-26-37-14-10-11-21-46(37)52(47)59/h1-34H. The van der Waals surface area contributed by atoms with Gasteiger partial charge >= 0.3 is 0 Å². The van der Waals surface area contributed by atoms with Crippen LogP contribution in [0.3, 0.4) is 0 Å². The first-order valence-corrected chi connectivity index (χ1v) is 20.0. The second-order valence-corrected chi connectivity index (χ2v) is 15.3. The fraction of sp³-hybridized carbons (Fsp3) is 0.